The average molecular weight is 400 g/mol. The van der Waals surface area contributed by atoms with Crippen LogP contribution in [-0.4, -0.2) is 34.4 Å². The molecule has 0 unspecified atom stereocenters. The third-order valence-electron chi connectivity index (χ3n) is 4.57. The maximum atomic E-state index is 12.5. The van der Waals surface area contributed by atoms with Crippen molar-refractivity contribution in [2.45, 2.75) is 33.0 Å². The predicted octanol–water partition coefficient (Wildman–Crippen LogP) is 1.06. The van der Waals surface area contributed by atoms with Crippen LogP contribution >= 0.6 is 0 Å². The summed E-state index contributed by atoms with van der Waals surface area (Å²) in [6, 6.07) is 7.25. The Morgan fingerprint density at radius 1 is 1.21 bits per heavy atom. The van der Waals surface area contributed by atoms with Gasteiger partial charge in [-0.05, 0) is 37.6 Å². The van der Waals surface area contributed by atoms with Gasteiger partial charge >= 0.3 is 5.69 Å². The zero-order valence-corrected chi connectivity index (χ0v) is 16.4. The first-order chi connectivity index (χ1) is 13.9. The molecule has 1 saturated heterocycles. The largest absolute Gasteiger partial charge is 0.486 e. The Balaban J connectivity index is 1.73. The molecule has 1 fully saturated rings. The fourth-order valence-electron chi connectivity index (χ4n) is 2.89. The molecule has 1 aliphatic heterocycles. The van der Waals surface area contributed by atoms with E-state index in [2.05, 4.69) is 5.32 Å². The number of hydrogen-bond acceptors (Lipinski definition) is 6. The predicted molar refractivity (Wildman–Crippen MR) is 110 cm³/mol. The second-order valence-electron chi connectivity index (χ2n) is 6.51. The number of carbonyl (C=O) groups excluding carboxylic acids is 1. The molecule has 9 nitrogen and oxygen atoms in total. The molecule has 9 heteroatoms. The highest BCUT2D eigenvalue weighted by Gasteiger charge is 2.20. The lowest BCUT2D eigenvalue weighted by molar-refractivity contribution is -0.111. The lowest BCUT2D eigenvalue weighted by Crippen LogP contribution is -2.42. The Morgan fingerprint density at radius 3 is 2.41 bits per heavy atom. The highest BCUT2D eigenvalue weighted by Crippen LogP contribution is 2.17. The summed E-state index contributed by atoms with van der Waals surface area (Å²) in [4.78, 5) is 37.0. The Bertz CT molecular complexity index is 1030. The minimum absolute atomic E-state index is 0.0598. The number of nitrogens with zero attached hydrogens (tertiary/aromatic N) is 2. The Hall–Kier alpha value is -3.33. The van der Waals surface area contributed by atoms with Gasteiger partial charge < -0.3 is 20.5 Å². The molecular weight excluding hydrogens is 376 g/mol. The molecular formula is C20H24N4O5. The second-order valence-corrected chi connectivity index (χ2v) is 6.51. The topological polar surface area (TPSA) is 118 Å². The van der Waals surface area contributed by atoms with Gasteiger partial charge in [0, 0.05) is 19.2 Å². The van der Waals surface area contributed by atoms with Crippen molar-refractivity contribution in [1.82, 2.24) is 9.13 Å². The molecule has 1 aromatic heterocycles. The first kappa shape index (κ1) is 20.4. The first-order valence-corrected chi connectivity index (χ1v) is 9.41. The molecule has 0 spiro atoms. The molecule has 0 radical (unpaired) electrons. The van der Waals surface area contributed by atoms with Crippen LogP contribution < -0.4 is 27.0 Å². The highest BCUT2D eigenvalue weighted by atomic mass is 16.6. The number of benzene rings is 1. The standard InChI is InChI=1S/C20H24N4O5/c1-3-23-18(21)17(19(26)24(4-2)20(23)27)22-16(25)10-7-13-5-8-14(9-6-13)29-15-11-28-12-15/h5-10,15H,3-4,11-12,21H2,1-2H3,(H,22,25)/b10-7+. The quantitative estimate of drug-likeness (QED) is 0.671. The van der Waals surface area contributed by atoms with Crippen LogP contribution in [0, 0.1) is 0 Å². The van der Waals surface area contributed by atoms with Crippen molar-refractivity contribution < 1.29 is 14.3 Å². The molecule has 1 aliphatic rings. The molecule has 2 heterocycles. The van der Waals surface area contributed by atoms with Crippen LogP contribution in [0.15, 0.2) is 39.9 Å². The van der Waals surface area contributed by atoms with E-state index in [4.69, 9.17) is 15.2 Å². The molecule has 154 valence electrons. The number of nitrogens with two attached hydrogens (primary N) is 1. The first-order valence-electron chi connectivity index (χ1n) is 9.41. The maximum Gasteiger partial charge on any atom is 0.332 e. The van der Waals surface area contributed by atoms with Crippen LogP contribution in [0.5, 0.6) is 5.75 Å². The van der Waals surface area contributed by atoms with Gasteiger partial charge in [-0.15, -0.1) is 0 Å². The molecule has 2 aromatic rings. The smallest absolute Gasteiger partial charge is 0.332 e. The van der Waals surface area contributed by atoms with E-state index in [0.29, 0.717) is 13.2 Å². The van der Waals surface area contributed by atoms with Gasteiger partial charge in [0.05, 0.1) is 13.2 Å². The van der Waals surface area contributed by atoms with Crippen molar-refractivity contribution in [1.29, 1.82) is 0 Å². The number of nitrogens with one attached hydrogen (secondary N) is 1. The van der Waals surface area contributed by atoms with Crippen molar-refractivity contribution in [3.8, 4) is 5.75 Å². The fraction of sp³-hybridized carbons (Fsp3) is 0.350. The molecule has 29 heavy (non-hydrogen) atoms. The van der Waals surface area contributed by atoms with E-state index in [1.807, 2.05) is 24.3 Å². The van der Waals surface area contributed by atoms with Crippen molar-refractivity contribution in [3.63, 3.8) is 0 Å². The summed E-state index contributed by atoms with van der Waals surface area (Å²) in [6.45, 7) is 5.06. The van der Waals surface area contributed by atoms with Crippen molar-refractivity contribution in [3.05, 3.63) is 56.7 Å². The summed E-state index contributed by atoms with van der Waals surface area (Å²) in [6.07, 6.45) is 2.99. The summed E-state index contributed by atoms with van der Waals surface area (Å²) >= 11 is 0. The van der Waals surface area contributed by atoms with Gasteiger partial charge in [-0.1, -0.05) is 12.1 Å². The number of anilines is 2. The van der Waals surface area contributed by atoms with E-state index in [0.717, 1.165) is 15.9 Å². The summed E-state index contributed by atoms with van der Waals surface area (Å²) < 4.78 is 13.0. The Morgan fingerprint density at radius 2 is 1.86 bits per heavy atom. The SMILES string of the molecule is CCn1c(N)c(NC(=O)/C=C/c2ccc(OC3COC3)cc2)c(=O)n(CC)c1=O. The third-order valence-corrected chi connectivity index (χ3v) is 4.57. The normalized spacial score (nSPS) is 14.0. The number of ether oxygens (including phenoxy) is 2. The monoisotopic (exact) mass is 400 g/mol. The maximum absolute atomic E-state index is 12.5. The lowest BCUT2D eigenvalue weighted by Gasteiger charge is -2.26. The van der Waals surface area contributed by atoms with Crippen molar-refractivity contribution >= 4 is 23.5 Å². The summed E-state index contributed by atoms with van der Waals surface area (Å²) in [5.41, 5.74) is 5.50. The van der Waals surface area contributed by atoms with Crippen LogP contribution in [0.2, 0.25) is 0 Å². The van der Waals surface area contributed by atoms with Crippen LogP contribution in [0.4, 0.5) is 11.5 Å². The number of nitrogen functional groups attached to an aromatic ring is 1. The van der Waals surface area contributed by atoms with E-state index >= 15 is 0 Å². The zero-order chi connectivity index (χ0) is 21.0. The number of aromatic nitrogens is 2. The lowest BCUT2D eigenvalue weighted by atomic mass is 10.2. The molecule has 0 saturated carbocycles. The van der Waals surface area contributed by atoms with Gasteiger partial charge in [-0.2, -0.15) is 0 Å². The minimum atomic E-state index is -0.622. The molecule has 3 rings (SSSR count). The second kappa shape index (κ2) is 8.78. The van der Waals surface area contributed by atoms with E-state index in [1.54, 1.807) is 19.9 Å². The third kappa shape index (κ3) is 4.40. The van der Waals surface area contributed by atoms with Crippen molar-refractivity contribution in [2.24, 2.45) is 0 Å². The molecule has 1 amide bonds. The van der Waals surface area contributed by atoms with E-state index in [-0.39, 0.29) is 30.7 Å². The van der Waals surface area contributed by atoms with Crippen LogP contribution in [-0.2, 0) is 22.6 Å². The number of hydrogen-bond donors (Lipinski definition) is 2. The molecule has 0 atom stereocenters. The minimum Gasteiger partial charge on any atom is -0.486 e. The molecule has 0 bridgehead atoms. The van der Waals surface area contributed by atoms with E-state index in [9.17, 15) is 14.4 Å². The average Bonchev–Trinajstić information content (AvgIpc) is 2.68. The van der Waals surface area contributed by atoms with E-state index < -0.39 is 17.2 Å². The van der Waals surface area contributed by atoms with Crippen LogP contribution in [0.3, 0.4) is 0 Å². The number of amides is 1. The molecule has 0 aliphatic carbocycles. The summed E-state index contributed by atoms with van der Waals surface area (Å²) in [7, 11) is 0. The van der Waals surface area contributed by atoms with Gasteiger partial charge in [-0.3, -0.25) is 18.7 Å². The highest BCUT2D eigenvalue weighted by molar-refractivity contribution is 6.03. The fourth-order valence-corrected chi connectivity index (χ4v) is 2.89. The summed E-state index contributed by atoms with van der Waals surface area (Å²) in [5.74, 6) is 0.148. The number of rotatable bonds is 7. The summed E-state index contributed by atoms with van der Waals surface area (Å²) in [5, 5.41) is 2.50. The van der Waals surface area contributed by atoms with E-state index in [1.165, 1.54) is 10.6 Å². The molecule has 1 aromatic carbocycles. The van der Waals surface area contributed by atoms with Crippen LogP contribution in [0.1, 0.15) is 19.4 Å². The Kier molecular flexibility index (Phi) is 6.18. The number of carbonyl (C=O) groups is 1. The van der Waals surface area contributed by atoms with Gasteiger partial charge in [0.1, 0.15) is 23.4 Å². The van der Waals surface area contributed by atoms with Crippen LogP contribution in [0.25, 0.3) is 6.08 Å². The van der Waals surface area contributed by atoms with Gasteiger partial charge in [0.25, 0.3) is 5.56 Å². The van der Waals surface area contributed by atoms with Gasteiger partial charge in [-0.25, -0.2) is 4.79 Å². The van der Waals surface area contributed by atoms with Crippen molar-refractivity contribution in [2.75, 3.05) is 24.3 Å². The van der Waals surface area contributed by atoms with Gasteiger partial charge in [0.15, 0.2) is 0 Å². The zero-order valence-electron chi connectivity index (χ0n) is 16.4. The van der Waals surface area contributed by atoms with Gasteiger partial charge in [0.2, 0.25) is 5.91 Å². The Labute approximate surface area is 167 Å². The molecule has 3 N–H and O–H groups in total.